The summed E-state index contributed by atoms with van der Waals surface area (Å²) in [6.45, 7) is 6.87. The number of aryl methyl sites for hydroxylation is 1. The molecule has 1 aliphatic rings. The third-order valence-electron chi connectivity index (χ3n) is 4.81. The average molecular weight is 436 g/mol. The van der Waals surface area contributed by atoms with Crippen LogP contribution in [-0.2, 0) is 9.53 Å². The van der Waals surface area contributed by atoms with Gasteiger partial charge < -0.3 is 20.3 Å². The Kier molecular flexibility index (Phi) is 6.69. The van der Waals surface area contributed by atoms with Gasteiger partial charge in [-0.3, -0.25) is 4.79 Å². The first kappa shape index (κ1) is 21.1. The van der Waals surface area contributed by atoms with Gasteiger partial charge in [0.1, 0.15) is 5.03 Å². The van der Waals surface area contributed by atoms with Gasteiger partial charge in [0.05, 0.1) is 13.2 Å². The number of hydrogen-bond donors (Lipinski definition) is 2. The van der Waals surface area contributed by atoms with Crippen LogP contribution in [0.25, 0.3) is 0 Å². The molecule has 0 spiro atoms. The highest BCUT2D eigenvalue weighted by Crippen LogP contribution is 2.30. The van der Waals surface area contributed by atoms with Crippen molar-refractivity contribution < 1.29 is 9.53 Å². The Hall–Kier alpha value is -3.10. The third-order valence-corrected chi connectivity index (χ3v) is 5.93. The monoisotopic (exact) mass is 435 g/mol. The van der Waals surface area contributed by atoms with E-state index in [4.69, 9.17) is 9.72 Å². The van der Waals surface area contributed by atoms with E-state index in [9.17, 15) is 4.79 Å². The van der Waals surface area contributed by atoms with E-state index < -0.39 is 0 Å². The highest BCUT2D eigenvalue weighted by Gasteiger charge is 2.11. The lowest BCUT2D eigenvalue weighted by molar-refractivity contribution is -0.114. The summed E-state index contributed by atoms with van der Waals surface area (Å²) in [7, 11) is 0. The average Bonchev–Trinajstić information content (AvgIpc) is 2.78. The van der Waals surface area contributed by atoms with Crippen LogP contribution in [-0.4, -0.2) is 42.2 Å². The zero-order valence-corrected chi connectivity index (χ0v) is 18.4. The van der Waals surface area contributed by atoms with Crippen LogP contribution in [0.5, 0.6) is 0 Å². The number of nitrogens with zero attached hydrogens (tertiary/aromatic N) is 3. The van der Waals surface area contributed by atoms with Crippen molar-refractivity contribution >= 4 is 40.7 Å². The molecule has 1 aromatic heterocycles. The predicted octanol–water partition coefficient (Wildman–Crippen LogP) is 4.47. The lowest BCUT2D eigenvalue weighted by atomic mass is 10.2. The van der Waals surface area contributed by atoms with Crippen LogP contribution in [0.15, 0.2) is 64.6 Å². The summed E-state index contributed by atoms with van der Waals surface area (Å²) in [6, 6.07) is 16.0. The molecule has 160 valence electrons. The summed E-state index contributed by atoms with van der Waals surface area (Å²) >= 11 is 1.57. The third kappa shape index (κ3) is 5.74. The summed E-state index contributed by atoms with van der Waals surface area (Å²) in [4.78, 5) is 23.6. The predicted molar refractivity (Wildman–Crippen MR) is 124 cm³/mol. The zero-order valence-electron chi connectivity index (χ0n) is 17.6. The van der Waals surface area contributed by atoms with E-state index in [0.29, 0.717) is 5.95 Å². The molecule has 1 fully saturated rings. The molecular weight excluding hydrogens is 410 g/mol. The second-order valence-corrected chi connectivity index (χ2v) is 8.32. The lowest BCUT2D eigenvalue weighted by Gasteiger charge is -2.28. The van der Waals surface area contributed by atoms with E-state index in [2.05, 4.69) is 32.7 Å². The van der Waals surface area contributed by atoms with E-state index in [0.717, 1.165) is 53.2 Å². The normalized spacial score (nSPS) is 13.7. The summed E-state index contributed by atoms with van der Waals surface area (Å²) in [6.07, 6.45) is 1.82. The summed E-state index contributed by atoms with van der Waals surface area (Å²) in [5.41, 5.74) is 3.91. The molecule has 0 saturated carbocycles. The maximum Gasteiger partial charge on any atom is 0.228 e. The van der Waals surface area contributed by atoms with Gasteiger partial charge >= 0.3 is 0 Å². The second-order valence-electron chi connectivity index (χ2n) is 7.26. The van der Waals surface area contributed by atoms with Gasteiger partial charge in [-0.15, -0.1) is 0 Å². The quantitative estimate of drug-likeness (QED) is 0.553. The number of morpholine rings is 1. The van der Waals surface area contributed by atoms with Crippen LogP contribution in [0.2, 0.25) is 0 Å². The fourth-order valence-corrected chi connectivity index (χ4v) is 4.06. The number of carbonyl (C=O) groups is 1. The molecule has 3 aromatic rings. The van der Waals surface area contributed by atoms with Gasteiger partial charge in [0.25, 0.3) is 0 Å². The highest BCUT2D eigenvalue weighted by atomic mass is 32.2. The molecule has 0 bridgehead atoms. The molecule has 4 rings (SSSR count). The molecule has 2 heterocycles. The summed E-state index contributed by atoms with van der Waals surface area (Å²) in [5.74, 6) is 0.475. The number of ether oxygens (including phenoxy) is 1. The first-order chi connectivity index (χ1) is 15.1. The Morgan fingerprint density at radius 2 is 1.71 bits per heavy atom. The minimum Gasteiger partial charge on any atom is -0.378 e. The van der Waals surface area contributed by atoms with Crippen LogP contribution in [0.4, 0.5) is 23.0 Å². The van der Waals surface area contributed by atoms with Crippen LogP contribution in [0, 0.1) is 6.92 Å². The summed E-state index contributed by atoms with van der Waals surface area (Å²) < 4.78 is 5.42. The van der Waals surface area contributed by atoms with Crippen molar-refractivity contribution in [1.82, 2.24) is 9.97 Å². The summed E-state index contributed by atoms with van der Waals surface area (Å²) in [5, 5.41) is 6.95. The Morgan fingerprint density at radius 1 is 1.03 bits per heavy atom. The van der Waals surface area contributed by atoms with Gasteiger partial charge in [-0.1, -0.05) is 11.8 Å². The van der Waals surface area contributed by atoms with Crippen molar-refractivity contribution in [3.63, 3.8) is 0 Å². The fraction of sp³-hybridized carbons (Fsp3) is 0.261. The van der Waals surface area contributed by atoms with Crippen molar-refractivity contribution in [3.05, 3.63) is 60.3 Å². The zero-order chi connectivity index (χ0) is 21.6. The molecule has 2 aromatic carbocycles. The van der Waals surface area contributed by atoms with Crippen molar-refractivity contribution in [2.75, 3.05) is 41.8 Å². The topological polar surface area (TPSA) is 79.4 Å². The maximum atomic E-state index is 11.2. The van der Waals surface area contributed by atoms with Crippen LogP contribution in [0.3, 0.4) is 0 Å². The van der Waals surface area contributed by atoms with Gasteiger partial charge in [0.2, 0.25) is 11.9 Å². The fourth-order valence-electron chi connectivity index (χ4n) is 3.22. The second kappa shape index (κ2) is 9.80. The number of hydrogen-bond acceptors (Lipinski definition) is 7. The van der Waals surface area contributed by atoms with Crippen molar-refractivity contribution in [2.45, 2.75) is 23.8 Å². The van der Waals surface area contributed by atoms with Crippen molar-refractivity contribution in [1.29, 1.82) is 0 Å². The van der Waals surface area contributed by atoms with Gasteiger partial charge in [0.15, 0.2) is 0 Å². The number of nitrogens with one attached hydrogen (secondary N) is 2. The van der Waals surface area contributed by atoms with Crippen molar-refractivity contribution in [3.8, 4) is 0 Å². The first-order valence-corrected chi connectivity index (χ1v) is 11.0. The number of anilines is 4. The molecule has 0 aliphatic carbocycles. The van der Waals surface area contributed by atoms with Gasteiger partial charge in [-0.05, 0) is 55.5 Å². The molecular formula is C23H25N5O2S. The molecule has 0 atom stereocenters. The highest BCUT2D eigenvalue weighted by molar-refractivity contribution is 7.99. The lowest BCUT2D eigenvalue weighted by Crippen LogP contribution is -2.36. The number of amides is 1. The standard InChI is InChI=1S/C23H25N5O2S/c1-16-15-24-23(26-19-3-7-20(8-4-19)28-11-13-30-14-12-28)27-22(16)31-21-9-5-18(6-10-21)25-17(2)29/h3-10,15H,11-14H2,1-2H3,(H,25,29)(H,24,26,27). The number of benzene rings is 2. The molecule has 1 aliphatic heterocycles. The number of carbonyl (C=O) groups excluding carboxylic acids is 1. The molecule has 8 heteroatoms. The van der Waals surface area contributed by atoms with Crippen LogP contribution >= 0.6 is 11.8 Å². The Labute approximate surface area is 186 Å². The SMILES string of the molecule is CC(=O)Nc1ccc(Sc2nc(Nc3ccc(N4CCOCC4)cc3)ncc2C)cc1. The molecule has 1 amide bonds. The van der Waals surface area contributed by atoms with Gasteiger partial charge in [-0.25, -0.2) is 9.97 Å². The number of rotatable bonds is 6. The van der Waals surface area contributed by atoms with Crippen molar-refractivity contribution in [2.24, 2.45) is 0 Å². The largest absolute Gasteiger partial charge is 0.378 e. The van der Waals surface area contributed by atoms with E-state index in [1.54, 1.807) is 11.8 Å². The van der Waals surface area contributed by atoms with Crippen LogP contribution in [0.1, 0.15) is 12.5 Å². The number of aromatic nitrogens is 2. The van der Waals surface area contributed by atoms with E-state index >= 15 is 0 Å². The minimum absolute atomic E-state index is 0.0826. The smallest absolute Gasteiger partial charge is 0.228 e. The molecule has 0 radical (unpaired) electrons. The maximum absolute atomic E-state index is 11.2. The van der Waals surface area contributed by atoms with E-state index in [-0.39, 0.29) is 5.91 Å². The molecule has 0 unspecified atom stereocenters. The van der Waals surface area contributed by atoms with Crippen LogP contribution < -0.4 is 15.5 Å². The molecule has 1 saturated heterocycles. The molecule has 2 N–H and O–H groups in total. The van der Waals surface area contributed by atoms with E-state index in [1.165, 1.54) is 12.6 Å². The molecule has 7 nitrogen and oxygen atoms in total. The van der Waals surface area contributed by atoms with Gasteiger partial charge in [0, 0.05) is 53.7 Å². The molecule has 31 heavy (non-hydrogen) atoms. The van der Waals surface area contributed by atoms with E-state index in [1.807, 2.05) is 49.5 Å². The Morgan fingerprint density at radius 3 is 2.39 bits per heavy atom. The minimum atomic E-state index is -0.0826. The first-order valence-electron chi connectivity index (χ1n) is 10.2. The Bertz CT molecular complexity index is 1030. The van der Waals surface area contributed by atoms with Gasteiger partial charge in [-0.2, -0.15) is 0 Å². The Balaban J connectivity index is 1.43.